The second-order valence-corrected chi connectivity index (χ2v) is 4.33. The van der Waals surface area contributed by atoms with Crippen molar-refractivity contribution in [3.8, 4) is 0 Å². The SMILES string of the molecule is CN(c1ncc(CN)cn1)C(C)(C)C. The van der Waals surface area contributed by atoms with Crippen LogP contribution in [-0.2, 0) is 6.54 Å². The van der Waals surface area contributed by atoms with Gasteiger partial charge in [-0.2, -0.15) is 0 Å². The molecule has 0 aromatic carbocycles. The Morgan fingerprint density at radius 2 is 1.79 bits per heavy atom. The zero-order valence-corrected chi connectivity index (χ0v) is 9.28. The highest BCUT2D eigenvalue weighted by Crippen LogP contribution is 2.16. The van der Waals surface area contributed by atoms with E-state index in [0.717, 1.165) is 11.5 Å². The first-order chi connectivity index (χ1) is 6.45. The smallest absolute Gasteiger partial charge is 0.225 e. The van der Waals surface area contributed by atoms with Crippen molar-refractivity contribution in [1.29, 1.82) is 0 Å². The van der Waals surface area contributed by atoms with E-state index in [-0.39, 0.29) is 5.54 Å². The molecule has 78 valence electrons. The first kappa shape index (κ1) is 10.9. The van der Waals surface area contributed by atoms with E-state index in [0.29, 0.717) is 6.54 Å². The lowest BCUT2D eigenvalue weighted by Crippen LogP contribution is -2.39. The Morgan fingerprint density at radius 3 is 2.14 bits per heavy atom. The van der Waals surface area contributed by atoms with Gasteiger partial charge in [0.15, 0.2) is 0 Å². The van der Waals surface area contributed by atoms with Crippen LogP contribution in [0.3, 0.4) is 0 Å². The molecule has 0 aliphatic carbocycles. The Bertz CT molecular complexity index is 286. The topological polar surface area (TPSA) is 55.0 Å². The summed E-state index contributed by atoms with van der Waals surface area (Å²) in [6, 6.07) is 0. The van der Waals surface area contributed by atoms with Gasteiger partial charge in [0, 0.05) is 37.1 Å². The number of nitrogens with zero attached hydrogens (tertiary/aromatic N) is 3. The fourth-order valence-electron chi connectivity index (χ4n) is 0.927. The summed E-state index contributed by atoms with van der Waals surface area (Å²) >= 11 is 0. The Kier molecular flexibility index (Phi) is 3.06. The lowest BCUT2D eigenvalue weighted by Gasteiger charge is -2.31. The molecule has 0 saturated carbocycles. The van der Waals surface area contributed by atoms with E-state index in [1.54, 1.807) is 12.4 Å². The molecule has 1 aromatic rings. The molecular weight excluding hydrogens is 176 g/mol. The molecule has 2 N–H and O–H groups in total. The molecular formula is C10H18N4. The van der Waals surface area contributed by atoms with Crippen molar-refractivity contribution in [2.24, 2.45) is 5.73 Å². The van der Waals surface area contributed by atoms with Crippen LogP contribution >= 0.6 is 0 Å². The van der Waals surface area contributed by atoms with Crippen LogP contribution in [0.1, 0.15) is 26.3 Å². The van der Waals surface area contributed by atoms with Gasteiger partial charge in [0.1, 0.15) is 0 Å². The Labute approximate surface area is 85.2 Å². The zero-order chi connectivity index (χ0) is 10.8. The molecule has 4 heteroatoms. The largest absolute Gasteiger partial charge is 0.339 e. The van der Waals surface area contributed by atoms with Crippen molar-refractivity contribution in [3.05, 3.63) is 18.0 Å². The number of anilines is 1. The summed E-state index contributed by atoms with van der Waals surface area (Å²) in [4.78, 5) is 10.5. The highest BCUT2D eigenvalue weighted by Gasteiger charge is 2.19. The highest BCUT2D eigenvalue weighted by atomic mass is 15.3. The minimum atomic E-state index is 0.0320. The number of nitrogens with two attached hydrogens (primary N) is 1. The molecule has 0 bridgehead atoms. The molecule has 0 aliphatic heterocycles. The van der Waals surface area contributed by atoms with Gasteiger partial charge < -0.3 is 10.6 Å². The van der Waals surface area contributed by atoms with Crippen LogP contribution in [0, 0.1) is 0 Å². The van der Waals surface area contributed by atoms with Crippen LogP contribution in [0.4, 0.5) is 5.95 Å². The highest BCUT2D eigenvalue weighted by molar-refractivity contribution is 5.31. The van der Waals surface area contributed by atoms with Crippen molar-refractivity contribution in [3.63, 3.8) is 0 Å². The van der Waals surface area contributed by atoms with Gasteiger partial charge in [-0.05, 0) is 20.8 Å². The summed E-state index contributed by atoms with van der Waals surface area (Å²) in [6.07, 6.45) is 3.54. The van der Waals surface area contributed by atoms with E-state index in [1.807, 2.05) is 11.9 Å². The molecule has 1 heterocycles. The molecule has 0 unspecified atom stereocenters. The van der Waals surface area contributed by atoms with Crippen LogP contribution in [0.15, 0.2) is 12.4 Å². The quantitative estimate of drug-likeness (QED) is 0.768. The molecule has 1 rings (SSSR count). The van der Waals surface area contributed by atoms with Crippen molar-refractivity contribution in [2.75, 3.05) is 11.9 Å². The van der Waals surface area contributed by atoms with Crippen LogP contribution in [0.2, 0.25) is 0 Å². The number of aromatic nitrogens is 2. The summed E-state index contributed by atoms with van der Waals surface area (Å²) in [5.41, 5.74) is 6.45. The Hall–Kier alpha value is -1.16. The van der Waals surface area contributed by atoms with E-state index in [4.69, 9.17) is 5.73 Å². The van der Waals surface area contributed by atoms with E-state index in [2.05, 4.69) is 30.7 Å². The zero-order valence-electron chi connectivity index (χ0n) is 9.28. The van der Waals surface area contributed by atoms with Crippen LogP contribution in [0.25, 0.3) is 0 Å². The molecule has 0 saturated heterocycles. The molecule has 0 radical (unpaired) electrons. The first-order valence-corrected chi connectivity index (χ1v) is 4.70. The van der Waals surface area contributed by atoms with Crippen LogP contribution < -0.4 is 10.6 Å². The third kappa shape index (κ3) is 2.42. The van der Waals surface area contributed by atoms with Crippen LogP contribution in [-0.4, -0.2) is 22.6 Å². The number of hydrogen-bond donors (Lipinski definition) is 1. The predicted molar refractivity (Wildman–Crippen MR) is 58.1 cm³/mol. The average molecular weight is 194 g/mol. The normalized spacial score (nSPS) is 11.5. The lowest BCUT2D eigenvalue weighted by atomic mass is 10.1. The van der Waals surface area contributed by atoms with Gasteiger partial charge in [0.25, 0.3) is 0 Å². The van der Waals surface area contributed by atoms with Crippen molar-refractivity contribution in [1.82, 2.24) is 9.97 Å². The average Bonchev–Trinajstić information content (AvgIpc) is 2.15. The van der Waals surface area contributed by atoms with Gasteiger partial charge in [-0.15, -0.1) is 0 Å². The van der Waals surface area contributed by atoms with Crippen molar-refractivity contribution in [2.45, 2.75) is 32.9 Å². The van der Waals surface area contributed by atoms with Gasteiger partial charge in [-0.25, -0.2) is 9.97 Å². The third-order valence-corrected chi connectivity index (χ3v) is 2.23. The fraction of sp³-hybridized carbons (Fsp3) is 0.600. The molecule has 0 fully saturated rings. The number of hydrogen-bond acceptors (Lipinski definition) is 4. The Balaban J connectivity index is 2.87. The van der Waals surface area contributed by atoms with E-state index < -0.39 is 0 Å². The van der Waals surface area contributed by atoms with E-state index in [9.17, 15) is 0 Å². The summed E-state index contributed by atoms with van der Waals surface area (Å²) < 4.78 is 0. The summed E-state index contributed by atoms with van der Waals surface area (Å²) in [5.74, 6) is 0.731. The monoisotopic (exact) mass is 194 g/mol. The molecule has 0 spiro atoms. The fourth-order valence-corrected chi connectivity index (χ4v) is 0.927. The van der Waals surface area contributed by atoms with Gasteiger partial charge >= 0.3 is 0 Å². The predicted octanol–water partition coefficient (Wildman–Crippen LogP) is 1.17. The summed E-state index contributed by atoms with van der Waals surface area (Å²) in [7, 11) is 1.98. The molecule has 0 atom stereocenters. The first-order valence-electron chi connectivity index (χ1n) is 4.70. The maximum atomic E-state index is 5.47. The van der Waals surface area contributed by atoms with Crippen molar-refractivity contribution >= 4 is 5.95 Å². The molecule has 1 aromatic heterocycles. The molecule has 14 heavy (non-hydrogen) atoms. The van der Waals surface area contributed by atoms with Gasteiger partial charge in [0.05, 0.1) is 0 Å². The lowest BCUT2D eigenvalue weighted by molar-refractivity contribution is 0.528. The minimum Gasteiger partial charge on any atom is -0.339 e. The van der Waals surface area contributed by atoms with E-state index in [1.165, 1.54) is 0 Å². The number of rotatable bonds is 2. The third-order valence-electron chi connectivity index (χ3n) is 2.23. The van der Waals surface area contributed by atoms with Gasteiger partial charge in [-0.3, -0.25) is 0 Å². The van der Waals surface area contributed by atoms with Gasteiger partial charge in [0.2, 0.25) is 5.95 Å². The minimum absolute atomic E-state index is 0.0320. The molecule has 0 amide bonds. The maximum absolute atomic E-state index is 5.47. The van der Waals surface area contributed by atoms with E-state index >= 15 is 0 Å². The summed E-state index contributed by atoms with van der Waals surface area (Å²) in [5, 5.41) is 0. The molecule has 4 nitrogen and oxygen atoms in total. The van der Waals surface area contributed by atoms with Gasteiger partial charge in [-0.1, -0.05) is 0 Å². The Morgan fingerprint density at radius 1 is 1.29 bits per heavy atom. The van der Waals surface area contributed by atoms with Crippen molar-refractivity contribution < 1.29 is 0 Å². The molecule has 0 aliphatic rings. The maximum Gasteiger partial charge on any atom is 0.225 e. The standard InChI is InChI=1S/C10H18N4/c1-10(2,3)14(4)9-12-6-8(5-11)7-13-9/h6-7H,5,11H2,1-4H3. The van der Waals surface area contributed by atoms with Crippen LogP contribution in [0.5, 0.6) is 0 Å². The second-order valence-electron chi connectivity index (χ2n) is 4.33. The summed E-state index contributed by atoms with van der Waals surface area (Å²) in [6.45, 7) is 6.84. The second kappa shape index (κ2) is 3.92.